The van der Waals surface area contributed by atoms with Crippen LogP contribution in [0.15, 0.2) is 42.5 Å². The Labute approximate surface area is 147 Å². The molecule has 2 aromatic carbocycles. The van der Waals surface area contributed by atoms with Crippen LogP contribution in [0.2, 0.25) is 10.0 Å². The monoisotopic (exact) mass is 350 g/mol. The maximum Gasteiger partial charge on any atom is 0.251 e. The third kappa shape index (κ3) is 4.96. The number of fused-ring (bicyclic) bond motifs is 1. The van der Waals surface area contributed by atoms with Crippen molar-refractivity contribution in [1.82, 2.24) is 10.2 Å². The maximum absolute atomic E-state index is 11.1. The quantitative estimate of drug-likeness (QED) is 0.841. The molecule has 3 nitrogen and oxygen atoms in total. The molecule has 3 rings (SSSR count). The second kappa shape index (κ2) is 8.34. The Hall–Kier alpha value is -1.55. The molecular weight excluding hydrogens is 331 g/mol. The van der Waals surface area contributed by atoms with Gasteiger partial charge in [0.05, 0.1) is 10.0 Å². The predicted molar refractivity (Wildman–Crippen MR) is 96.3 cm³/mol. The third-order valence-corrected chi connectivity index (χ3v) is 4.47. The number of nitrogens with zero attached hydrogens (tertiary/aromatic N) is 1. The van der Waals surface area contributed by atoms with Gasteiger partial charge in [0, 0.05) is 25.7 Å². The van der Waals surface area contributed by atoms with Crippen molar-refractivity contribution in [2.45, 2.75) is 13.0 Å². The summed E-state index contributed by atoms with van der Waals surface area (Å²) in [5.74, 6) is -0.173. The van der Waals surface area contributed by atoms with Crippen molar-refractivity contribution in [1.29, 1.82) is 0 Å². The number of benzene rings is 2. The first kappa shape index (κ1) is 17.8. The van der Waals surface area contributed by atoms with E-state index in [1.807, 2.05) is 0 Å². The second-order valence-corrected chi connectivity index (χ2v) is 6.28. The fraction of sp³-hybridized carbons (Fsp3) is 0.278. The lowest BCUT2D eigenvalue weighted by Gasteiger charge is -2.24. The van der Waals surface area contributed by atoms with Crippen molar-refractivity contribution in [3.05, 3.63) is 69.2 Å². The van der Waals surface area contributed by atoms with Crippen LogP contribution in [-0.4, -0.2) is 31.4 Å². The van der Waals surface area contributed by atoms with Gasteiger partial charge in [0.15, 0.2) is 0 Å². The molecule has 0 bridgehead atoms. The van der Waals surface area contributed by atoms with Gasteiger partial charge in [0.25, 0.3) is 5.91 Å². The number of likely N-dealkylation sites (N-methyl/N-ethyl adjacent to an activating group) is 1. The minimum absolute atomic E-state index is 0.173. The highest BCUT2D eigenvalue weighted by Gasteiger charge is 2.10. The summed E-state index contributed by atoms with van der Waals surface area (Å²) in [7, 11) is 3.74. The van der Waals surface area contributed by atoms with Gasteiger partial charge < -0.3 is 10.2 Å². The van der Waals surface area contributed by atoms with Gasteiger partial charge >= 0.3 is 0 Å². The molecule has 0 spiro atoms. The molecule has 1 aliphatic heterocycles. The molecule has 23 heavy (non-hydrogen) atoms. The molecule has 0 saturated carbocycles. The van der Waals surface area contributed by atoms with Crippen molar-refractivity contribution in [2.75, 3.05) is 20.6 Å². The third-order valence-electron chi connectivity index (χ3n) is 3.73. The van der Waals surface area contributed by atoms with E-state index in [2.05, 4.69) is 41.5 Å². The van der Waals surface area contributed by atoms with Crippen molar-refractivity contribution in [2.24, 2.45) is 0 Å². The fourth-order valence-corrected chi connectivity index (χ4v) is 2.72. The zero-order valence-corrected chi connectivity index (χ0v) is 14.8. The van der Waals surface area contributed by atoms with Gasteiger partial charge in [-0.2, -0.15) is 0 Å². The molecule has 0 atom stereocenters. The minimum Gasteiger partial charge on any atom is -0.355 e. The molecule has 1 aliphatic rings. The topological polar surface area (TPSA) is 32.3 Å². The molecule has 122 valence electrons. The summed E-state index contributed by atoms with van der Waals surface area (Å²) < 4.78 is 0. The second-order valence-electron chi connectivity index (χ2n) is 5.46. The Morgan fingerprint density at radius 1 is 1.09 bits per heavy atom. The van der Waals surface area contributed by atoms with Crippen LogP contribution in [0.3, 0.4) is 0 Å². The van der Waals surface area contributed by atoms with Gasteiger partial charge in [0.1, 0.15) is 0 Å². The maximum atomic E-state index is 11.1. The zero-order chi connectivity index (χ0) is 16.8. The van der Waals surface area contributed by atoms with E-state index in [1.54, 1.807) is 19.2 Å². The van der Waals surface area contributed by atoms with Gasteiger partial charge in [-0.25, -0.2) is 0 Å². The molecular formula is C18H20Cl2N2O. The van der Waals surface area contributed by atoms with E-state index < -0.39 is 0 Å². The number of carbonyl (C=O) groups excluding carboxylic acids is 1. The highest BCUT2D eigenvalue weighted by atomic mass is 35.5. The van der Waals surface area contributed by atoms with E-state index in [9.17, 15) is 4.79 Å². The first-order valence-electron chi connectivity index (χ1n) is 7.43. The normalized spacial score (nSPS) is 13.6. The largest absolute Gasteiger partial charge is 0.355 e. The Morgan fingerprint density at radius 2 is 1.78 bits per heavy atom. The zero-order valence-electron chi connectivity index (χ0n) is 13.3. The van der Waals surface area contributed by atoms with Crippen molar-refractivity contribution in [3.8, 4) is 0 Å². The summed E-state index contributed by atoms with van der Waals surface area (Å²) in [6.07, 6.45) is 1.21. The van der Waals surface area contributed by atoms with Gasteiger partial charge in [0.2, 0.25) is 0 Å². The van der Waals surface area contributed by atoms with Crippen LogP contribution in [0, 0.1) is 0 Å². The highest BCUT2D eigenvalue weighted by molar-refractivity contribution is 6.42. The van der Waals surface area contributed by atoms with Crippen LogP contribution in [0.1, 0.15) is 21.5 Å². The van der Waals surface area contributed by atoms with E-state index in [0.29, 0.717) is 15.6 Å². The average Bonchev–Trinajstić information content (AvgIpc) is 2.57. The van der Waals surface area contributed by atoms with Gasteiger partial charge in [-0.3, -0.25) is 4.79 Å². The van der Waals surface area contributed by atoms with Crippen molar-refractivity contribution >= 4 is 29.1 Å². The summed E-state index contributed by atoms with van der Waals surface area (Å²) in [5.41, 5.74) is 3.54. The Kier molecular flexibility index (Phi) is 6.46. The van der Waals surface area contributed by atoms with Crippen LogP contribution in [0.5, 0.6) is 0 Å². The van der Waals surface area contributed by atoms with Gasteiger partial charge in [-0.05, 0) is 42.8 Å². The molecule has 0 radical (unpaired) electrons. The molecule has 0 aromatic heterocycles. The van der Waals surface area contributed by atoms with E-state index in [4.69, 9.17) is 23.2 Å². The Balaban J connectivity index is 0.000000167. The average molecular weight is 351 g/mol. The van der Waals surface area contributed by atoms with Crippen LogP contribution in [-0.2, 0) is 13.0 Å². The Bertz CT molecular complexity index is 688. The van der Waals surface area contributed by atoms with Crippen LogP contribution < -0.4 is 5.32 Å². The van der Waals surface area contributed by atoms with Crippen LogP contribution in [0.25, 0.3) is 0 Å². The number of carbonyl (C=O) groups is 1. The van der Waals surface area contributed by atoms with Crippen LogP contribution in [0.4, 0.5) is 0 Å². The summed E-state index contributed by atoms with van der Waals surface area (Å²) in [4.78, 5) is 13.4. The molecule has 1 amide bonds. The smallest absolute Gasteiger partial charge is 0.251 e. The molecule has 1 heterocycles. The standard InChI is InChI=1S/C10H13N.C8H7Cl2NO/c1-11-7-6-9-4-2-3-5-10(9)8-11;1-11-8(12)5-2-3-6(9)7(10)4-5/h2-5H,6-8H2,1H3;2-4H,1H3,(H,11,12). The van der Waals surface area contributed by atoms with E-state index in [0.717, 1.165) is 6.54 Å². The molecule has 2 aromatic rings. The van der Waals surface area contributed by atoms with Crippen molar-refractivity contribution in [3.63, 3.8) is 0 Å². The van der Waals surface area contributed by atoms with Crippen molar-refractivity contribution < 1.29 is 4.79 Å². The van der Waals surface area contributed by atoms with E-state index >= 15 is 0 Å². The molecule has 0 unspecified atom stereocenters. The minimum atomic E-state index is -0.173. The summed E-state index contributed by atoms with van der Waals surface area (Å²) in [6.45, 7) is 2.33. The lowest BCUT2D eigenvalue weighted by atomic mass is 10.0. The summed E-state index contributed by atoms with van der Waals surface area (Å²) in [6, 6.07) is 13.5. The highest BCUT2D eigenvalue weighted by Crippen LogP contribution is 2.22. The van der Waals surface area contributed by atoms with Gasteiger partial charge in [-0.1, -0.05) is 47.5 Å². The van der Waals surface area contributed by atoms with E-state index in [-0.39, 0.29) is 5.91 Å². The van der Waals surface area contributed by atoms with E-state index in [1.165, 1.54) is 30.2 Å². The molecule has 0 aliphatic carbocycles. The Morgan fingerprint density at radius 3 is 2.43 bits per heavy atom. The first-order valence-corrected chi connectivity index (χ1v) is 8.19. The number of halogens is 2. The molecule has 5 heteroatoms. The lowest BCUT2D eigenvalue weighted by molar-refractivity contribution is 0.0963. The lowest BCUT2D eigenvalue weighted by Crippen LogP contribution is -2.26. The fourth-order valence-electron chi connectivity index (χ4n) is 2.42. The van der Waals surface area contributed by atoms with Crippen LogP contribution >= 0.6 is 23.2 Å². The number of nitrogens with one attached hydrogen (secondary N) is 1. The van der Waals surface area contributed by atoms with Gasteiger partial charge in [-0.15, -0.1) is 0 Å². The molecule has 0 fully saturated rings. The number of hydrogen-bond donors (Lipinski definition) is 1. The summed E-state index contributed by atoms with van der Waals surface area (Å²) >= 11 is 11.4. The molecule has 0 saturated heterocycles. The predicted octanol–water partition coefficient (Wildman–Crippen LogP) is 4.03. The molecule has 1 N–H and O–H groups in total. The number of amides is 1. The summed E-state index contributed by atoms with van der Waals surface area (Å²) in [5, 5.41) is 3.32. The first-order chi connectivity index (χ1) is 11.0. The number of rotatable bonds is 1. The number of hydrogen-bond acceptors (Lipinski definition) is 2. The SMILES string of the molecule is CN1CCc2ccccc2C1.CNC(=O)c1ccc(Cl)c(Cl)c1.